The average Bonchev–Trinajstić information content (AvgIpc) is 2.72. The van der Waals surface area contributed by atoms with E-state index in [1.807, 2.05) is 31.2 Å². The fourth-order valence-corrected chi connectivity index (χ4v) is 1.85. The molecule has 94 valence electrons. The van der Waals surface area contributed by atoms with Crippen LogP contribution in [0.2, 0.25) is 0 Å². The number of carbonyl (C=O) groups is 1. The molecule has 0 saturated heterocycles. The zero-order valence-electron chi connectivity index (χ0n) is 10.8. The lowest BCUT2D eigenvalue weighted by molar-refractivity contribution is 0.0527. The van der Waals surface area contributed by atoms with E-state index in [1.165, 1.54) is 0 Å². The van der Waals surface area contributed by atoms with Gasteiger partial charge in [-0.25, -0.2) is 4.79 Å². The smallest absolute Gasteiger partial charge is 0.341 e. The third-order valence-corrected chi connectivity index (χ3v) is 2.62. The molecule has 18 heavy (non-hydrogen) atoms. The SMILES string of the molecule is CCOC(=O)c1cn(C)nc1-c1cccc(C)c1. The number of aromatic nitrogens is 2. The highest BCUT2D eigenvalue weighted by molar-refractivity contribution is 5.96. The van der Waals surface area contributed by atoms with Gasteiger partial charge in [-0.15, -0.1) is 0 Å². The zero-order valence-corrected chi connectivity index (χ0v) is 10.8. The number of aryl methyl sites for hydroxylation is 2. The van der Waals surface area contributed by atoms with E-state index in [9.17, 15) is 4.79 Å². The van der Waals surface area contributed by atoms with Gasteiger partial charge in [0.2, 0.25) is 0 Å². The minimum atomic E-state index is -0.331. The highest BCUT2D eigenvalue weighted by Gasteiger charge is 2.17. The van der Waals surface area contributed by atoms with Crippen LogP contribution in [0.25, 0.3) is 11.3 Å². The van der Waals surface area contributed by atoms with Gasteiger partial charge in [-0.3, -0.25) is 4.68 Å². The first-order valence-electron chi connectivity index (χ1n) is 5.89. The van der Waals surface area contributed by atoms with Gasteiger partial charge >= 0.3 is 5.97 Å². The van der Waals surface area contributed by atoms with Crippen LogP contribution < -0.4 is 0 Å². The van der Waals surface area contributed by atoms with Crippen molar-refractivity contribution in [3.05, 3.63) is 41.6 Å². The van der Waals surface area contributed by atoms with Crippen molar-refractivity contribution in [2.75, 3.05) is 6.61 Å². The summed E-state index contributed by atoms with van der Waals surface area (Å²) < 4.78 is 6.67. The Balaban J connectivity index is 2.47. The van der Waals surface area contributed by atoms with Crippen molar-refractivity contribution in [2.24, 2.45) is 7.05 Å². The molecule has 0 fully saturated rings. The third-order valence-electron chi connectivity index (χ3n) is 2.62. The predicted octanol–water partition coefficient (Wildman–Crippen LogP) is 2.57. The molecule has 0 aliphatic rings. The highest BCUT2D eigenvalue weighted by atomic mass is 16.5. The van der Waals surface area contributed by atoms with Crippen LogP contribution in [0.15, 0.2) is 30.5 Å². The summed E-state index contributed by atoms with van der Waals surface area (Å²) in [7, 11) is 1.79. The molecule has 2 aromatic rings. The Bertz CT molecular complexity index is 573. The molecule has 4 heteroatoms. The maximum absolute atomic E-state index is 11.9. The van der Waals surface area contributed by atoms with Gasteiger partial charge in [0.15, 0.2) is 0 Å². The number of rotatable bonds is 3. The second-order valence-electron chi connectivity index (χ2n) is 4.16. The van der Waals surface area contributed by atoms with E-state index in [2.05, 4.69) is 5.10 Å². The number of hydrogen-bond donors (Lipinski definition) is 0. The largest absolute Gasteiger partial charge is 0.462 e. The van der Waals surface area contributed by atoms with Gasteiger partial charge in [-0.2, -0.15) is 5.10 Å². The Kier molecular flexibility index (Phi) is 3.46. The van der Waals surface area contributed by atoms with Crippen LogP contribution in [0.4, 0.5) is 0 Å². The first kappa shape index (κ1) is 12.4. The second kappa shape index (κ2) is 5.04. The van der Waals surface area contributed by atoms with Crippen molar-refractivity contribution in [1.29, 1.82) is 0 Å². The van der Waals surface area contributed by atoms with Crippen LogP contribution in [0.5, 0.6) is 0 Å². The first-order chi connectivity index (χ1) is 8.61. The molecule has 0 spiro atoms. The Hall–Kier alpha value is -2.10. The first-order valence-corrected chi connectivity index (χ1v) is 5.89. The van der Waals surface area contributed by atoms with E-state index in [4.69, 9.17) is 4.74 Å². The van der Waals surface area contributed by atoms with Crippen LogP contribution >= 0.6 is 0 Å². The molecule has 0 unspecified atom stereocenters. The quantitative estimate of drug-likeness (QED) is 0.779. The lowest BCUT2D eigenvalue weighted by atomic mass is 10.1. The lowest BCUT2D eigenvalue weighted by Gasteiger charge is -2.03. The van der Waals surface area contributed by atoms with Crippen molar-refractivity contribution < 1.29 is 9.53 Å². The van der Waals surface area contributed by atoms with Crippen molar-refractivity contribution in [3.8, 4) is 11.3 Å². The maximum atomic E-state index is 11.9. The van der Waals surface area contributed by atoms with E-state index in [0.717, 1.165) is 11.1 Å². The molecule has 0 aliphatic heterocycles. The number of ether oxygens (including phenoxy) is 1. The molecule has 1 aromatic heterocycles. The molecule has 0 radical (unpaired) electrons. The van der Waals surface area contributed by atoms with Crippen molar-refractivity contribution in [3.63, 3.8) is 0 Å². The molecule has 0 N–H and O–H groups in total. The van der Waals surface area contributed by atoms with Gasteiger partial charge in [0, 0.05) is 18.8 Å². The summed E-state index contributed by atoms with van der Waals surface area (Å²) in [5, 5.41) is 4.34. The highest BCUT2D eigenvalue weighted by Crippen LogP contribution is 2.23. The number of esters is 1. The molecule has 0 aliphatic carbocycles. The van der Waals surface area contributed by atoms with E-state index in [0.29, 0.717) is 17.9 Å². The third kappa shape index (κ3) is 2.42. The minimum absolute atomic E-state index is 0.331. The molecule has 1 aromatic carbocycles. The number of benzene rings is 1. The molecule has 0 saturated carbocycles. The molecule has 2 rings (SSSR count). The van der Waals surface area contributed by atoms with Gasteiger partial charge in [0.25, 0.3) is 0 Å². The fraction of sp³-hybridized carbons (Fsp3) is 0.286. The van der Waals surface area contributed by atoms with Gasteiger partial charge in [0.1, 0.15) is 11.3 Å². The number of hydrogen-bond acceptors (Lipinski definition) is 3. The molecule has 0 atom stereocenters. The molecular weight excluding hydrogens is 228 g/mol. The van der Waals surface area contributed by atoms with E-state index in [-0.39, 0.29) is 5.97 Å². The molecule has 4 nitrogen and oxygen atoms in total. The van der Waals surface area contributed by atoms with E-state index in [1.54, 1.807) is 24.9 Å². The molecular formula is C14H16N2O2. The summed E-state index contributed by atoms with van der Waals surface area (Å²) in [4.78, 5) is 11.9. The van der Waals surface area contributed by atoms with Crippen LogP contribution in [0, 0.1) is 6.92 Å². The maximum Gasteiger partial charge on any atom is 0.341 e. The summed E-state index contributed by atoms with van der Waals surface area (Å²) in [5.41, 5.74) is 3.23. The summed E-state index contributed by atoms with van der Waals surface area (Å²) in [6.07, 6.45) is 1.69. The fourth-order valence-electron chi connectivity index (χ4n) is 1.85. The standard InChI is InChI=1S/C14H16N2O2/c1-4-18-14(17)12-9-16(3)15-13(12)11-7-5-6-10(2)8-11/h5-9H,4H2,1-3H3. The monoisotopic (exact) mass is 244 g/mol. The number of nitrogens with zero attached hydrogens (tertiary/aromatic N) is 2. The predicted molar refractivity (Wildman–Crippen MR) is 69.3 cm³/mol. The van der Waals surface area contributed by atoms with Crippen molar-refractivity contribution in [1.82, 2.24) is 9.78 Å². The number of carbonyl (C=O) groups excluding carboxylic acids is 1. The summed E-state index contributed by atoms with van der Waals surface area (Å²) in [5.74, 6) is -0.331. The summed E-state index contributed by atoms with van der Waals surface area (Å²) >= 11 is 0. The zero-order chi connectivity index (χ0) is 13.1. The Morgan fingerprint density at radius 3 is 2.89 bits per heavy atom. The normalized spacial score (nSPS) is 10.4. The van der Waals surface area contributed by atoms with E-state index >= 15 is 0 Å². The topological polar surface area (TPSA) is 44.1 Å². The summed E-state index contributed by atoms with van der Waals surface area (Å²) in [6.45, 7) is 4.16. The van der Waals surface area contributed by atoms with Gasteiger partial charge in [-0.1, -0.05) is 23.8 Å². The Labute approximate surface area is 106 Å². The Morgan fingerprint density at radius 2 is 2.22 bits per heavy atom. The van der Waals surface area contributed by atoms with Crippen LogP contribution in [0.1, 0.15) is 22.8 Å². The molecule has 0 amide bonds. The van der Waals surface area contributed by atoms with Crippen molar-refractivity contribution in [2.45, 2.75) is 13.8 Å². The van der Waals surface area contributed by atoms with Crippen LogP contribution in [-0.2, 0) is 11.8 Å². The average molecular weight is 244 g/mol. The van der Waals surface area contributed by atoms with Gasteiger partial charge < -0.3 is 4.74 Å². The lowest BCUT2D eigenvalue weighted by Crippen LogP contribution is -2.05. The Morgan fingerprint density at radius 1 is 1.44 bits per heavy atom. The van der Waals surface area contributed by atoms with Gasteiger partial charge in [-0.05, 0) is 19.9 Å². The van der Waals surface area contributed by atoms with Crippen LogP contribution in [-0.4, -0.2) is 22.4 Å². The molecule has 0 bridgehead atoms. The summed E-state index contributed by atoms with van der Waals surface area (Å²) in [6, 6.07) is 7.91. The second-order valence-corrected chi connectivity index (χ2v) is 4.16. The molecule has 1 heterocycles. The van der Waals surface area contributed by atoms with Gasteiger partial charge in [0.05, 0.1) is 6.61 Å². The van der Waals surface area contributed by atoms with Crippen LogP contribution in [0.3, 0.4) is 0 Å². The van der Waals surface area contributed by atoms with Crippen molar-refractivity contribution >= 4 is 5.97 Å². The minimum Gasteiger partial charge on any atom is -0.462 e. The van der Waals surface area contributed by atoms with E-state index < -0.39 is 0 Å².